The van der Waals surface area contributed by atoms with E-state index in [2.05, 4.69) is 9.97 Å². The molecule has 8 aliphatic heterocycles. The minimum atomic E-state index is -1.35. The zero-order valence-corrected chi connectivity index (χ0v) is 31.5. The van der Waals surface area contributed by atoms with Gasteiger partial charge in [-0.3, -0.25) is 67.9 Å². The second-order valence-electron chi connectivity index (χ2n) is 16.9. The zero-order chi connectivity index (χ0) is 43.4. The van der Waals surface area contributed by atoms with Crippen molar-refractivity contribution in [2.24, 2.45) is 0 Å². The van der Waals surface area contributed by atoms with Gasteiger partial charge in [0.15, 0.2) is 0 Å². The number of carboxylic acids is 8. The highest BCUT2D eigenvalue weighted by Gasteiger charge is 2.93. The van der Waals surface area contributed by atoms with E-state index in [0.717, 1.165) is 11.3 Å². The fraction of sp³-hybridized carbons (Fsp3) is 0.432. The highest BCUT2D eigenvalue weighted by atomic mass is 32.1. The van der Waals surface area contributed by atoms with Crippen molar-refractivity contribution in [3.63, 3.8) is 0 Å². The van der Waals surface area contributed by atoms with Gasteiger partial charge in [0.05, 0.1) is 27.8 Å². The predicted octanol–water partition coefficient (Wildman–Crippen LogP) is -2.67. The minimum Gasteiger partial charge on any atom is -0.480 e. The molecule has 0 radical (unpaired) electrons. The van der Waals surface area contributed by atoms with Gasteiger partial charge in [-0.05, 0) is 60.1 Å². The minimum absolute atomic E-state index is 0.106. The zero-order valence-electron chi connectivity index (χ0n) is 30.7. The van der Waals surface area contributed by atoms with Gasteiger partial charge < -0.3 is 40.9 Å². The van der Waals surface area contributed by atoms with Gasteiger partial charge in [0, 0.05) is 17.8 Å². The Balaban J connectivity index is 1.00. The van der Waals surface area contributed by atoms with Gasteiger partial charge in [-0.15, -0.1) is 11.3 Å². The monoisotopic (exact) mass is 859 g/mol. The molecule has 0 bridgehead atoms. The molecule has 0 amide bonds. The lowest BCUT2D eigenvalue weighted by atomic mass is 9.84. The van der Waals surface area contributed by atoms with Gasteiger partial charge in [-0.25, -0.2) is 4.98 Å². The molecular formula is C37H29N7O16S. The molecule has 3 aromatic heterocycles. The number of hydrogen-bond donors (Lipinski definition) is 8. The Hall–Kier alpha value is -6.47. The fourth-order valence-electron chi connectivity index (χ4n) is 11.5. The first kappa shape index (κ1) is 37.5. The van der Waals surface area contributed by atoms with Crippen LogP contribution in [0.1, 0.15) is 22.3 Å². The molecule has 11 heterocycles. The highest BCUT2D eigenvalue weighted by Crippen LogP contribution is 2.69. The van der Waals surface area contributed by atoms with Gasteiger partial charge in [0.1, 0.15) is 64.7 Å². The average molecular weight is 860 g/mol. The van der Waals surface area contributed by atoms with Crippen LogP contribution in [0.2, 0.25) is 0 Å². The van der Waals surface area contributed by atoms with Crippen LogP contribution in [0.5, 0.6) is 0 Å². The van der Waals surface area contributed by atoms with Crippen molar-refractivity contribution in [1.82, 2.24) is 34.6 Å². The Labute approximate surface area is 342 Å². The molecule has 0 saturated carbocycles. The first-order valence-electron chi connectivity index (χ1n) is 18.7. The number of rotatable bonds is 18. The van der Waals surface area contributed by atoms with E-state index >= 15 is 0 Å². The predicted molar refractivity (Wildman–Crippen MR) is 193 cm³/mol. The largest absolute Gasteiger partial charge is 0.480 e. The number of pyridine rings is 2. The van der Waals surface area contributed by atoms with E-state index in [4.69, 9.17) is 4.98 Å². The van der Waals surface area contributed by atoms with Crippen LogP contribution in [-0.4, -0.2) is 194 Å². The van der Waals surface area contributed by atoms with Crippen molar-refractivity contribution >= 4 is 59.1 Å². The molecule has 24 heteroatoms. The number of aliphatic carboxylic acids is 8. The van der Waals surface area contributed by atoms with E-state index in [-0.39, 0.29) is 47.8 Å². The molecule has 314 valence electrons. The van der Waals surface area contributed by atoms with Crippen LogP contribution in [0, 0.1) is 0 Å². The third-order valence-corrected chi connectivity index (χ3v) is 15.2. The van der Waals surface area contributed by atoms with E-state index in [0.29, 0.717) is 22.3 Å². The first-order chi connectivity index (χ1) is 28.8. The van der Waals surface area contributed by atoms with Crippen molar-refractivity contribution in [2.45, 2.75) is 96.2 Å². The molecule has 11 rings (SSSR count). The maximum absolute atomic E-state index is 12.2. The fourth-order valence-corrected chi connectivity index (χ4v) is 12.3. The summed E-state index contributed by atoms with van der Waals surface area (Å²) in [5.74, 6) is -9.94. The lowest BCUT2D eigenvalue weighted by Gasteiger charge is -2.18. The second-order valence-corrected chi connectivity index (χ2v) is 17.7. The van der Waals surface area contributed by atoms with E-state index < -0.39 is 118 Å². The molecule has 8 N–H and O–H groups in total. The summed E-state index contributed by atoms with van der Waals surface area (Å²) in [6, 6.07) is -5.89. The number of carbonyl (C=O) groups is 8. The van der Waals surface area contributed by atoms with Gasteiger partial charge in [0.2, 0.25) is 0 Å². The SMILES string of the molecule is O=C(O)C1N2C(C(=O)O)C12Cc1ccnc(-c2csc(-c3nccc(CC45C(C(=O)O)N4C5C(=O)O)c3CC34C(C(=O)O)N3C4C(=O)O)n2)c1CC12C(C(=O)O)N1C2C(=O)O. The molecule has 8 fully saturated rings. The quantitative estimate of drug-likeness (QED) is 0.0605. The third-order valence-electron chi connectivity index (χ3n) is 14.4. The van der Waals surface area contributed by atoms with Gasteiger partial charge in [-0.1, -0.05) is 0 Å². The van der Waals surface area contributed by atoms with Crippen LogP contribution >= 0.6 is 11.3 Å². The van der Waals surface area contributed by atoms with Gasteiger partial charge in [0.25, 0.3) is 0 Å². The van der Waals surface area contributed by atoms with Crippen molar-refractivity contribution in [3.8, 4) is 22.1 Å². The Morgan fingerprint density at radius 2 is 0.770 bits per heavy atom. The topological polar surface area (TPSA) is 349 Å². The first-order valence-corrected chi connectivity index (χ1v) is 19.6. The lowest BCUT2D eigenvalue weighted by Crippen LogP contribution is -2.38. The summed E-state index contributed by atoms with van der Waals surface area (Å²) in [5.41, 5.74) is -3.30. The van der Waals surface area contributed by atoms with E-state index in [1.165, 1.54) is 44.1 Å². The number of thiazole rings is 1. The highest BCUT2D eigenvalue weighted by molar-refractivity contribution is 7.13. The average Bonchev–Trinajstić information content (AvgIpc) is 3.83. The molecule has 3 aromatic rings. The lowest BCUT2D eigenvalue weighted by molar-refractivity contribution is -0.144. The van der Waals surface area contributed by atoms with Crippen LogP contribution in [0.3, 0.4) is 0 Å². The number of aromatic nitrogens is 3. The molecule has 23 nitrogen and oxygen atoms in total. The van der Waals surface area contributed by atoms with E-state index in [1.54, 1.807) is 5.38 Å². The summed E-state index contributed by atoms with van der Waals surface area (Å²) in [6.07, 6.45) is 2.19. The molecule has 8 unspecified atom stereocenters. The summed E-state index contributed by atoms with van der Waals surface area (Å²) >= 11 is 1.04. The molecule has 0 spiro atoms. The Morgan fingerprint density at radius 3 is 1.10 bits per heavy atom. The Morgan fingerprint density at radius 1 is 0.475 bits per heavy atom. The smallest absolute Gasteiger partial charge is 0.323 e. The summed E-state index contributed by atoms with van der Waals surface area (Å²) in [6.45, 7) is 0. The van der Waals surface area contributed by atoms with Crippen LogP contribution in [0.4, 0.5) is 0 Å². The van der Waals surface area contributed by atoms with Crippen molar-refractivity contribution < 1.29 is 79.2 Å². The third kappa shape index (κ3) is 4.46. The van der Waals surface area contributed by atoms with Gasteiger partial charge >= 0.3 is 47.8 Å². The second kappa shape index (κ2) is 11.3. The number of nitrogens with zero attached hydrogens (tertiary/aromatic N) is 7. The normalized spacial score (nSPS) is 41.0. The van der Waals surface area contributed by atoms with Crippen LogP contribution < -0.4 is 0 Å². The number of hydrogen-bond acceptors (Lipinski definition) is 16. The Bertz CT molecular complexity index is 2440. The van der Waals surface area contributed by atoms with Crippen molar-refractivity contribution in [2.75, 3.05) is 0 Å². The Kier molecular flexibility index (Phi) is 6.93. The van der Waals surface area contributed by atoms with E-state index in [1.807, 2.05) is 0 Å². The van der Waals surface area contributed by atoms with Crippen molar-refractivity contribution in [3.05, 3.63) is 52.2 Å². The summed E-state index contributed by atoms with van der Waals surface area (Å²) < 4.78 is 0. The molecular weight excluding hydrogens is 831 g/mol. The van der Waals surface area contributed by atoms with Crippen LogP contribution in [-0.2, 0) is 64.0 Å². The van der Waals surface area contributed by atoms with Gasteiger partial charge in [-0.2, -0.15) is 0 Å². The standard InChI is InChI=1S/C37H29N7O16S/c45-26(46)17-34(18(27(47)48)41(17)34)5-10-1-3-38-15(12(10)7-36-21(30(53)54)43(36)22(36)31(55)56)14-9-61-25(40-14)16-13(8-37-23(32(57)58)44(37)24(37)33(59)60)11(2-4-39-16)6-35-19(28(49)50)42(35)20(35)29(51)52/h1-4,9,17-24H,5-8H2,(H,45,46)(H,47,48)(H,49,50)(H,51,52)(H,53,54)(H,55,56)(H,57,58)(H,59,60). The summed E-state index contributed by atoms with van der Waals surface area (Å²) in [5, 5.41) is 80.8. The van der Waals surface area contributed by atoms with Crippen LogP contribution in [0.15, 0.2) is 29.9 Å². The molecule has 61 heavy (non-hydrogen) atoms. The summed E-state index contributed by atoms with van der Waals surface area (Å²) in [7, 11) is 0. The number of carboxylic acid groups (broad SMARTS) is 8. The molecule has 0 aromatic carbocycles. The summed E-state index contributed by atoms with van der Waals surface area (Å²) in [4.78, 5) is 116. The maximum atomic E-state index is 12.2. The number of fused-ring (bicyclic) bond motifs is 4. The van der Waals surface area contributed by atoms with Crippen LogP contribution in [0.25, 0.3) is 22.1 Å². The van der Waals surface area contributed by atoms with E-state index in [9.17, 15) is 79.2 Å². The maximum Gasteiger partial charge on any atom is 0.323 e. The molecule has 0 aliphatic carbocycles. The van der Waals surface area contributed by atoms with Crippen molar-refractivity contribution in [1.29, 1.82) is 0 Å². The molecule has 8 atom stereocenters. The molecule has 8 aliphatic rings. The molecule has 8 saturated heterocycles.